The van der Waals surface area contributed by atoms with Crippen LogP contribution in [0.1, 0.15) is 26.7 Å². The maximum absolute atomic E-state index is 10.1. The molecular formula is C12H18OS. The third-order valence-corrected chi connectivity index (χ3v) is 3.85. The number of benzene rings is 1. The van der Waals surface area contributed by atoms with Crippen LogP contribution in [0.3, 0.4) is 0 Å². The van der Waals surface area contributed by atoms with Crippen LogP contribution in [0.25, 0.3) is 0 Å². The maximum atomic E-state index is 10.1. The fourth-order valence-electron chi connectivity index (χ4n) is 1.19. The Morgan fingerprint density at radius 1 is 1.14 bits per heavy atom. The van der Waals surface area contributed by atoms with Gasteiger partial charge in [0.05, 0.1) is 5.60 Å². The molecule has 1 aromatic rings. The average Bonchev–Trinajstić information content (AvgIpc) is 2.27. The van der Waals surface area contributed by atoms with Gasteiger partial charge in [-0.2, -0.15) is 0 Å². The first-order chi connectivity index (χ1) is 6.70. The average molecular weight is 210 g/mol. The topological polar surface area (TPSA) is 20.2 Å². The minimum atomic E-state index is -0.499. The van der Waals surface area contributed by atoms with Crippen molar-refractivity contribution in [2.45, 2.75) is 37.2 Å². The van der Waals surface area contributed by atoms with Gasteiger partial charge in [0.15, 0.2) is 0 Å². The first-order valence-electron chi connectivity index (χ1n) is 5.10. The van der Waals surface area contributed by atoms with Crippen molar-refractivity contribution in [3.63, 3.8) is 0 Å². The lowest BCUT2D eigenvalue weighted by atomic mass is 10.0. The van der Waals surface area contributed by atoms with Crippen molar-refractivity contribution < 1.29 is 5.11 Å². The second kappa shape index (κ2) is 5.42. The molecule has 0 unspecified atom stereocenters. The van der Waals surface area contributed by atoms with Gasteiger partial charge < -0.3 is 5.11 Å². The van der Waals surface area contributed by atoms with Crippen LogP contribution in [-0.4, -0.2) is 16.5 Å². The predicted molar refractivity (Wildman–Crippen MR) is 62.7 cm³/mol. The number of aliphatic hydroxyl groups is 1. The van der Waals surface area contributed by atoms with Gasteiger partial charge in [0.2, 0.25) is 0 Å². The molecule has 0 saturated carbocycles. The molecule has 14 heavy (non-hydrogen) atoms. The molecule has 1 N–H and O–H groups in total. The molecule has 2 heteroatoms. The molecule has 0 radical (unpaired) electrons. The van der Waals surface area contributed by atoms with Gasteiger partial charge >= 0.3 is 0 Å². The first-order valence-corrected chi connectivity index (χ1v) is 6.09. The van der Waals surface area contributed by atoms with Gasteiger partial charge in [-0.15, -0.1) is 11.8 Å². The summed E-state index contributed by atoms with van der Waals surface area (Å²) < 4.78 is 0. The lowest BCUT2D eigenvalue weighted by Gasteiger charge is -2.24. The largest absolute Gasteiger partial charge is 0.389 e. The molecule has 1 aromatic carbocycles. The summed E-state index contributed by atoms with van der Waals surface area (Å²) in [6.45, 7) is 4.07. The van der Waals surface area contributed by atoms with Gasteiger partial charge in [0, 0.05) is 10.6 Å². The summed E-state index contributed by atoms with van der Waals surface area (Å²) in [6, 6.07) is 10.2. The molecule has 1 nitrogen and oxygen atoms in total. The van der Waals surface area contributed by atoms with Gasteiger partial charge in [-0.25, -0.2) is 0 Å². The zero-order valence-electron chi connectivity index (χ0n) is 8.86. The third-order valence-electron chi connectivity index (χ3n) is 2.57. The van der Waals surface area contributed by atoms with E-state index in [1.807, 2.05) is 32.0 Å². The molecule has 0 amide bonds. The standard InChI is InChI=1S/C12H18OS/c1-3-12(13,4-2)10-14-11-8-6-5-7-9-11/h5-9,13H,3-4,10H2,1-2H3. The summed E-state index contributed by atoms with van der Waals surface area (Å²) in [5, 5.41) is 10.1. The number of rotatable bonds is 5. The Balaban J connectivity index is 2.48. The lowest BCUT2D eigenvalue weighted by Crippen LogP contribution is -2.29. The molecule has 0 aromatic heterocycles. The van der Waals surface area contributed by atoms with Crippen molar-refractivity contribution in [3.05, 3.63) is 30.3 Å². The van der Waals surface area contributed by atoms with E-state index in [2.05, 4.69) is 12.1 Å². The second-order valence-corrected chi connectivity index (χ2v) is 4.58. The Bertz CT molecular complexity index is 254. The maximum Gasteiger partial charge on any atom is 0.0736 e. The van der Waals surface area contributed by atoms with Crippen LogP contribution in [-0.2, 0) is 0 Å². The highest BCUT2D eigenvalue weighted by Crippen LogP contribution is 2.26. The van der Waals surface area contributed by atoms with E-state index in [1.54, 1.807) is 11.8 Å². The molecule has 0 heterocycles. The van der Waals surface area contributed by atoms with Crippen molar-refractivity contribution in [2.75, 3.05) is 5.75 Å². The van der Waals surface area contributed by atoms with Crippen molar-refractivity contribution in [2.24, 2.45) is 0 Å². The normalized spacial score (nSPS) is 11.6. The summed E-state index contributed by atoms with van der Waals surface area (Å²) >= 11 is 1.73. The van der Waals surface area contributed by atoms with E-state index in [0.717, 1.165) is 18.6 Å². The van der Waals surface area contributed by atoms with E-state index >= 15 is 0 Å². The summed E-state index contributed by atoms with van der Waals surface area (Å²) in [5.41, 5.74) is -0.499. The van der Waals surface area contributed by atoms with Crippen molar-refractivity contribution in [3.8, 4) is 0 Å². The molecule has 0 bridgehead atoms. The van der Waals surface area contributed by atoms with E-state index in [0.29, 0.717) is 0 Å². The summed E-state index contributed by atoms with van der Waals surface area (Å²) in [4.78, 5) is 1.23. The minimum absolute atomic E-state index is 0.499. The fraction of sp³-hybridized carbons (Fsp3) is 0.500. The monoisotopic (exact) mass is 210 g/mol. The Hall–Kier alpha value is -0.470. The number of thioether (sulfide) groups is 1. The van der Waals surface area contributed by atoms with Crippen LogP contribution < -0.4 is 0 Å². The highest BCUT2D eigenvalue weighted by Gasteiger charge is 2.21. The predicted octanol–water partition coefficient (Wildman–Crippen LogP) is 3.33. The quantitative estimate of drug-likeness (QED) is 0.752. The van der Waals surface area contributed by atoms with Crippen molar-refractivity contribution in [1.29, 1.82) is 0 Å². The second-order valence-electron chi connectivity index (χ2n) is 3.53. The van der Waals surface area contributed by atoms with Crippen molar-refractivity contribution >= 4 is 11.8 Å². The van der Waals surface area contributed by atoms with E-state index in [1.165, 1.54) is 4.90 Å². The molecule has 0 atom stereocenters. The zero-order chi connectivity index (χ0) is 10.4. The fourth-order valence-corrected chi connectivity index (χ4v) is 2.38. The third kappa shape index (κ3) is 3.35. The van der Waals surface area contributed by atoms with Crippen molar-refractivity contribution in [1.82, 2.24) is 0 Å². The van der Waals surface area contributed by atoms with Crippen LogP contribution in [0.5, 0.6) is 0 Å². The molecule has 0 spiro atoms. The SMILES string of the molecule is CCC(O)(CC)CSc1ccccc1. The van der Waals surface area contributed by atoms with E-state index < -0.39 is 5.60 Å². The van der Waals surface area contributed by atoms with Gasteiger partial charge in [-0.1, -0.05) is 32.0 Å². The first kappa shape index (κ1) is 11.6. The Labute approximate surface area is 90.5 Å². The molecule has 0 aliphatic carbocycles. The van der Waals surface area contributed by atoms with Gasteiger partial charge in [0.25, 0.3) is 0 Å². The van der Waals surface area contributed by atoms with Gasteiger partial charge in [-0.05, 0) is 25.0 Å². The van der Waals surface area contributed by atoms with Gasteiger partial charge in [-0.3, -0.25) is 0 Å². The highest BCUT2D eigenvalue weighted by molar-refractivity contribution is 7.99. The molecule has 0 saturated heterocycles. The minimum Gasteiger partial charge on any atom is -0.389 e. The molecule has 1 rings (SSSR count). The van der Waals surface area contributed by atoms with Crippen LogP contribution in [0.2, 0.25) is 0 Å². The molecule has 0 aliphatic heterocycles. The smallest absolute Gasteiger partial charge is 0.0736 e. The highest BCUT2D eigenvalue weighted by atomic mass is 32.2. The summed E-state index contributed by atoms with van der Waals surface area (Å²) in [5.74, 6) is 0.782. The summed E-state index contributed by atoms with van der Waals surface area (Å²) in [6.07, 6.45) is 1.65. The lowest BCUT2D eigenvalue weighted by molar-refractivity contribution is 0.0572. The van der Waals surface area contributed by atoms with Crippen LogP contribution in [0, 0.1) is 0 Å². The Kier molecular flexibility index (Phi) is 4.49. The molecule has 0 fully saturated rings. The van der Waals surface area contributed by atoms with Gasteiger partial charge in [0.1, 0.15) is 0 Å². The molecule has 78 valence electrons. The number of hydrogen-bond donors (Lipinski definition) is 1. The Morgan fingerprint density at radius 3 is 2.21 bits per heavy atom. The van der Waals surface area contributed by atoms with Crippen LogP contribution >= 0.6 is 11.8 Å². The molecule has 0 aliphatic rings. The number of hydrogen-bond acceptors (Lipinski definition) is 2. The molecular weight excluding hydrogens is 192 g/mol. The van der Waals surface area contributed by atoms with E-state index in [-0.39, 0.29) is 0 Å². The van der Waals surface area contributed by atoms with E-state index in [9.17, 15) is 5.11 Å². The van der Waals surface area contributed by atoms with Crippen LogP contribution in [0.15, 0.2) is 35.2 Å². The summed E-state index contributed by atoms with van der Waals surface area (Å²) in [7, 11) is 0. The van der Waals surface area contributed by atoms with Crippen LogP contribution in [0.4, 0.5) is 0 Å². The Morgan fingerprint density at radius 2 is 1.71 bits per heavy atom. The zero-order valence-corrected chi connectivity index (χ0v) is 9.68. The van der Waals surface area contributed by atoms with E-state index in [4.69, 9.17) is 0 Å².